The van der Waals surface area contributed by atoms with Crippen LogP contribution in [0.3, 0.4) is 0 Å². The van der Waals surface area contributed by atoms with Crippen molar-refractivity contribution in [2.24, 2.45) is 0 Å². The molecule has 0 radical (unpaired) electrons. The third-order valence-electron chi connectivity index (χ3n) is 2.57. The van der Waals surface area contributed by atoms with Gasteiger partial charge in [-0.05, 0) is 25.5 Å². The summed E-state index contributed by atoms with van der Waals surface area (Å²) in [7, 11) is 0. The van der Waals surface area contributed by atoms with Crippen LogP contribution < -0.4 is 4.90 Å². The van der Waals surface area contributed by atoms with Gasteiger partial charge >= 0.3 is 0 Å². The van der Waals surface area contributed by atoms with E-state index in [1.807, 2.05) is 19.1 Å². The van der Waals surface area contributed by atoms with Gasteiger partial charge in [-0.2, -0.15) is 5.10 Å². The summed E-state index contributed by atoms with van der Waals surface area (Å²) in [5.74, 6) is 0.853. The summed E-state index contributed by atoms with van der Waals surface area (Å²) in [5, 5.41) is 17.4. The lowest BCUT2D eigenvalue weighted by molar-refractivity contribution is 0.170. The quantitative estimate of drug-likeness (QED) is 0.679. The molecule has 70 valence electrons. The second kappa shape index (κ2) is 3.30. The smallest absolute Gasteiger partial charge is 0.151 e. The highest BCUT2D eigenvalue weighted by molar-refractivity contribution is 5.39. The normalized spacial score (nSPS) is 28.0. The van der Waals surface area contributed by atoms with E-state index in [1.165, 1.54) is 0 Å². The van der Waals surface area contributed by atoms with E-state index in [2.05, 4.69) is 15.1 Å². The molecule has 1 aromatic heterocycles. The molecule has 2 heterocycles. The number of hydrogen-bond donors (Lipinski definition) is 1. The summed E-state index contributed by atoms with van der Waals surface area (Å²) in [4.78, 5) is 2.08. The Balaban J connectivity index is 2.19. The van der Waals surface area contributed by atoms with Crippen molar-refractivity contribution < 1.29 is 5.11 Å². The van der Waals surface area contributed by atoms with Crippen molar-refractivity contribution in [3.63, 3.8) is 0 Å². The van der Waals surface area contributed by atoms with E-state index in [-0.39, 0.29) is 12.1 Å². The largest absolute Gasteiger partial charge is 0.391 e. The molecule has 0 aromatic carbocycles. The van der Waals surface area contributed by atoms with Crippen molar-refractivity contribution in [3.8, 4) is 0 Å². The maximum atomic E-state index is 9.54. The highest BCUT2D eigenvalue weighted by atomic mass is 16.3. The molecule has 0 spiro atoms. The minimum atomic E-state index is -0.234. The molecule has 13 heavy (non-hydrogen) atoms. The lowest BCUT2D eigenvalue weighted by Crippen LogP contribution is -2.32. The average Bonchev–Trinajstić information content (AvgIpc) is 2.49. The molecule has 1 aliphatic rings. The number of hydrogen-bond acceptors (Lipinski definition) is 4. The topological polar surface area (TPSA) is 49.2 Å². The summed E-state index contributed by atoms with van der Waals surface area (Å²) < 4.78 is 0. The van der Waals surface area contributed by atoms with Crippen molar-refractivity contribution in [1.29, 1.82) is 0 Å². The fourth-order valence-corrected chi connectivity index (χ4v) is 1.69. The molecule has 1 aromatic rings. The fourth-order valence-electron chi connectivity index (χ4n) is 1.69. The first-order valence-corrected chi connectivity index (χ1v) is 4.51. The Bertz CT molecular complexity index is 277. The Morgan fingerprint density at radius 2 is 2.46 bits per heavy atom. The molecule has 1 N–H and O–H groups in total. The van der Waals surface area contributed by atoms with Crippen molar-refractivity contribution >= 4 is 5.82 Å². The number of aromatic nitrogens is 2. The molecule has 1 saturated heterocycles. The van der Waals surface area contributed by atoms with Gasteiger partial charge in [0.2, 0.25) is 0 Å². The number of nitrogens with zero attached hydrogens (tertiary/aromatic N) is 3. The first-order valence-electron chi connectivity index (χ1n) is 4.51. The van der Waals surface area contributed by atoms with Gasteiger partial charge in [-0.3, -0.25) is 0 Å². The molecule has 4 nitrogen and oxygen atoms in total. The molecule has 0 bridgehead atoms. The minimum Gasteiger partial charge on any atom is -0.391 e. The van der Waals surface area contributed by atoms with E-state index in [0.29, 0.717) is 0 Å². The molecule has 4 heteroatoms. The maximum Gasteiger partial charge on any atom is 0.151 e. The molecule has 0 saturated carbocycles. The van der Waals surface area contributed by atoms with E-state index in [1.54, 1.807) is 6.20 Å². The number of aliphatic hydroxyl groups excluding tert-OH is 1. The minimum absolute atomic E-state index is 0.150. The molecule has 1 aliphatic heterocycles. The van der Waals surface area contributed by atoms with Crippen LogP contribution >= 0.6 is 0 Å². The molecule has 0 unspecified atom stereocenters. The Hall–Kier alpha value is -1.16. The molecular formula is C9H13N3O. The zero-order valence-electron chi connectivity index (χ0n) is 7.59. The zero-order chi connectivity index (χ0) is 9.26. The van der Waals surface area contributed by atoms with E-state index >= 15 is 0 Å². The summed E-state index contributed by atoms with van der Waals surface area (Å²) in [6.45, 7) is 2.87. The Kier molecular flexibility index (Phi) is 2.14. The highest BCUT2D eigenvalue weighted by Gasteiger charge is 2.29. The third kappa shape index (κ3) is 1.49. The molecule has 0 aliphatic carbocycles. The molecule has 2 rings (SSSR count). The molecule has 0 amide bonds. The van der Waals surface area contributed by atoms with Crippen molar-refractivity contribution in [3.05, 3.63) is 18.3 Å². The van der Waals surface area contributed by atoms with E-state index in [0.717, 1.165) is 18.8 Å². The first kappa shape index (κ1) is 8.44. The maximum absolute atomic E-state index is 9.54. The van der Waals surface area contributed by atoms with Crippen molar-refractivity contribution in [2.45, 2.75) is 25.5 Å². The Morgan fingerprint density at radius 1 is 1.62 bits per heavy atom. The average molecular weight is 179 g/mol. The van der Waals surface area contributed by atoms with Crippen molar-refractivity contribution in [2.75, 3.05) is 11.4 Å². The number of aliphatic hydroxyl groups is 1. The van der Waals surface area contributed by atoms with Crippen LogP contribution in [0.4, 0.5) is 5.82 Å². The van der Waals surface area contributed by atoms with Gasteiger partial charge in [0.05, 0.1) is 12.1 Å². The van der Waals surface area contributed by atoms with Crippen LogP contribution in [0.15, 0.2) is 18.3 Å². The standard InChI is InChI=1S/C9H13N3O/c1-7-8(13)4-6-12(7)9-3-2-5-10-11-9/h2-3,5,7-8,13H,4,6H2,1H3/t7-,8+/m0/s1. The van der Waals surface area contributed by atoms with Crippen molar-refractivity contribution in [1.82, 2.24) is 10.2 Å². The van der Waals surface area contributed by atoms with Crippen LogP contribution in [0.25, 0.3) is 0 Å². The lowest BCUT2D eigenvalue weighted by atomic mass is 10.2. The summed E-state index contributed by atoms with van der Waals surface area (Å²) in [6, 6.07) is 3.93. The number of rotatable bonds is 1. The highest BCUT2D eigenvalue weighted by Crippen LogP contribution is 2.22. The molecule has 1 fully saturated rings. The molecular weight excluding hydrogens is 166 g/mol. The Labute approximate surface area is 77.2 Å². The van der Waals surface area contributed by atoms with Gasteiger partial charge in [0.1, 0.15) is 0 Å². The first-order chi connectivity index (χ1) is 6.29. The van der Waals surface area contributed by atoms with Crippen LogP contribution in [0.5, 0.6) is 0 Å². The van der Waals surface area contributed by atoms with Gasteiger partial charge in [-0.15, -0.1) is 5.10 Å². The second-order valence-electron chi connectivity index (χ2n) is 3.37. The lowest BCUT2D eigenvalue weighted by Gasteiger charge is -2.22. The monoisotopic (exact) mass is 179 g/mol. The fraction of sp³-hybridized carbons (Fsp3) is 0.556. The second-order valence-corrected chi connectivity index (χ2v) is 3.37. The van der Waals surface area contributed by atoms with Crippen LogP contribution in [0, 0.1) is 0 Å². The predicted molar refractivity (Wildman–Crippen MR) is 49.5 cm³/mol. The van der Waals surface area contributed by atoms with Gasteiger partial charge in [0, 0.05) is 12.7 Å². The van der Waals surface area contributed by atoms with Gasteiger partial charge in [0.15, 0.2) is 5.82 Å². The van der Waals surface area contributed by atoms with Gasteiger partial charge in [-0.1, -0.05) is 0 Å². The van der Waals surface area contributed by atoms with Crippen LogP contribution in [0.2, 0.25) is 0 Å². The SMILES string of the molecule is C[C@H]1[C@H](O)CCN1c1cccnn1. The van der Waals surface area contributed by atoms with Crippen LogP contribution in [-0.4, -0.2) is 34.0 Å². The van der Waals surface area contributed by atoms with Crippen LogP contribution in [0.1, 0.15) is 13.3 Å². The predicted octanol–water partition coefficient (Wildman–Crippen LogP) is 0.436. The molecule has 2 atom stereocenters. The zero-order valence-corrected chi connectivity index (χ0v) is 7.59. The van der Waals surface area contributed by atoms with E-state index < -0.39 is 0 Å². The van der Waals surface area contributed by atoms with Gasteiger partial charge < -0.3 is 10.0 Å². The van der Waals surface area contributed by atoms with E-state index in [9.17, 15) is 5.11 Å². The van der Waals surface area contributed by atoms with Gasteiger partial charge in [0.25, 0.3) is 0 Å². The summed E-state index contributed by atoms with van der Waals surface area (Å²) in [5.41, 5.74) is 0. The third-order valence-corrected chi connectivity index (χ3v) is 2.57. The van der Waals surface area contributed by atoms with Crippen LogP contribution in [-0.2, 0) is 0 Å². The van der Waals surface area contributed by atoms with E-state index in [4.69, 9.17) is 0 Å². The summed E-state index contributed by atoms with van der Waals surface area (Å²) in [6.07, 6.45) is 2.24. The number of anilines is 1. The van der Waals surface area contributed by atoms with Gasteiger partial charge in [-0.25, -0.2) is 0 Å². The summed E-state index contributed by atoms with van der Waals surface area (Å²) >= 11 is 0. The Morgan fingerprint density at radius 3 is 3.00 bits per heavy atom.